The van der Waals surface area contributed by atoms with Crippen LogP contribution in [-0.2, 0) is 7.05 Å². The SMILES string of the molecule is CC(C)Oc1nc(N)nc(Nc2cnn(C)c2)n1. The molecule has 0 aliphatic carbocycles. The van der Waals surface area contributed by atoms with E-state index in [0.29, 0.717) is 5.95 Å². The summed E-state index contributed by atoms with van der Waals surface area (Å²) >= 11 is 0. The van der Waals surface area contributed by atoms with Gasteiger partial charge in [-0.25, -0.2) is 0 Å². The quantitative estimate of drug-likeness (QED) is 0.822. The molecule has 0 saturated carbocycles. The van der Waals surface area contributed by atoms with Gasteiger partial charge in [0.2, 0.25) is 11.9 Å². The normalized spacial score (nSPS) is 10.7. The van der Waals surface area contributed by atoms with Gasteiger partial charge in [-0.2, -0.15) is 20.1 Å². The summed E-state index contributed by atoms with van der Waals surface area (Å²) in [5, 5.41) is 7.00. The summed E-state index contributed by atoms with van der Waals surface area (Å²) < 4.78 is 7.04. The molecule has 0 fully saturated rings. The molecule has 0 unspecified atom stereocenters. The van der Waals surface area contributed by atoms with Crippen LogP contribution < -0.4 is 15.8 Å². The molecule has 3 N–H and O–H groups in total. The molecule has 96 valence electrons. The van der Waals surface area contributed by atoms with Crippen LogP contribution in [0.3, 0.4) is 0 Å². The van der Waals surface area contributed by atoms with Gasteiger partial charge in [-0.3, -0.25) is 4.68 Å². The zero-order valence-corrected chi connectivity index (χ0v) is 10.5. The first-order valence-corrected chi connectivity index (χ1v) is 5.47. The van der Waals surface area contributed by atoms with Crippen molar-refractivity contribution >= 4 is 17.6 Å². The maximum atomic E-state index is 5.59. The van der Waals surface area contributed by atoms with Crippen molar-refractivity contribution in [2.45, 2.75) is 20.0 Å². The largest absolute Gasteiger partial charge is 0.461 e. The van der Waals surface area contributed by atoms with Crippen LogP contribution in [0.25, 0.3) is 0 Å². The molecule has 0 aliphatic heterocycles. The van der Waals surface area contributed by atoms with E-state index in [1.165, 1.54) is 0 Å². The summed E-state index contributed by atoms with van der Waals surface area (Å²) in [4.78, 5) is 12.0. The lowest BCUT2D eigenvalue weighted by atomic mass is 10.5. The molecule has 0 spiro atoms. The maximum Gasteiger partial charge on any atom is 0.323 e. The predicted octanol–water partition coefficient (Wildman–Crippen LogP) is 0.718. The van der Waals surface area contributed by atoms with Crippen LogP contribution in [0.1, 0.15) is 13.8 Å². The Labute approximate surface area is 104 Å². The van der Waals surface area contributed by atoms with E-state index in [4.69, 9.17) is 10.5 Å². The zero-order valence-electron chi connectivity index (χ0n) is 10.5. The van der Waals surface area contributed by atoms with Gasteiger partial charge in [-0.1, -0.05) is 0 Å². The number of nitrogen functional groups attached to an aromatic ring is 1. The molecule has 2 rings (SSSR count). The van der Waals surface area contributed by atoms with E-state index < -0.39 is 0 Å². The third kappa shape index (κ3) is 3.06. The fourth-order valence-electron chi connectivity index (χ4n) is 1.31. The Kier molecular flexibility index (Phi) is 3.26. The van der Waals surface area contributed by atoms with Gasteiger partial charge in [0.05, 0.1) is 18.0 Å². The highest BCUT2D eigenvalue weighted by molar-refractivity contribution is 5.51. The van der Waals surface area contributed by atoms with Crippen LogP contribution in [0, 0.1) is 0 Å². The summed E-state index contributed by atoms with van der Waals surface area (Å²) in [5.41, 5.74) is 6.35. The van der Waals surface area contributed by atoms with Gasteiger partial charge in [0.25, 0.3) is 0 Å². The Morgan fingerprint density at radius 2 is 2.11 bits per heavy atom. The number of hydrogen-bond donors (Lipinski definition) is 2. The standard InChI is InChI=1S/C10H15N7O/c1-6(2)18-10-15-8(11)14-9(16-10)13-7-4-12-17(3)5-7/h4-6H,1-3H3,(H3,11,13,14,15,16). The molecule has 0 saturated heterocycles. The molecule has 0 aliphatic rings. The third-order valence-electron chi connectivity index (χ3n) is 1.93. The van der Waals surface area contributed by atoms with Crippen molar-refractivity contribution in [3.63, 3.8) is 0 Å². The van der Waals surface area contributed by atoms with Crippen LogP contribution in [0.15, 0.2) is 12.4 Å². The minimum absolute atomic E-state index is 0.0296. The lowest BCUT2D eigenvalue weighted by Gasteiger charge is -2.09. The fourth-order valence-corrected chi connectivity index (χ4v) is 1.31. The van der Waals surface area contributed by atoms with Gasteiger partial charge in [0, 0.05) is 13.2 Å². The van der Waals surface area contributed by atoms with Crippen molar-refractivity contribution in [3.05, 3.63) is 12.4 Å². The Morgan fingerprint density at radius 1 is 1.33 bits per heavy atom. The van der Waals surface area contributed by atoms with Gasteiger partial charge in [0.15, 0.2) is 0 Å². The number of aromatic nitrogens is 5. The molecule has 0 atom stereocenters. The van der Waals surface area contributed by atoms with Gasteiger partial charge < -0.3 is 15.8 Å². The minimum atomic E-state index is -0.0296. The summed E-state index contributed by atoms with van der Waals surface area (Å²) in [7, 11) is 1.82. The molecule has 8 heteroatoms. The molecule has 2 heterocycles. The second kappa shape index (κ2) is 4.86. The molecule has 0 amide bonds. The van der Waals surface area contributed by atoms with Crippen LogP contribution in [0.2, 0.25) is 0 Å². The molecule has 0 bridgehead atoms. The first-order chi connectivity index (χ1) is 8.52. The molecule has 8 nitrogen and oxygen atoms in total. The number of anilines is 3. The van der Waals surface area contributed by atoms with Crippen molar-refractivity contribution in [1.82, 2.24) is 24.7 Å². The lowest BCUT2D eigenvalue weighted by Crippen LogP contribution is -2.11. The smallest absolute Gasteiger partial charge is 0.323 e. The number of nitrogens with one attached hydrogen (secondary N) is 1. The van der Waals surface area contributed by atoms with Crippen molar-refractivity contribution in [1.29, 1.82) is 0 Å². The Balaban J connectivity index is 2.19. The van der Waals surface area contributed by atoms with Gasteiger partial charge in [0.1, 0.15) is 0 Å². The topological polar surface area (TPSA) is 104 Å². The Morgan fingerprint density at radius 3 is 2.72 bits per heavy atom. The monoisotopic (exact) mass is 249 g/mol. The number of rotatable bonds is 4. The van der Waals surface area contributed by atoms with Crippen LogP contribution in [0.5, 0.6) is 6.01 Å². The summed E-state index contributed by atoms with van der Waals surface area (Å²) in [6.45, 7) is 3.77. The number of hydrogen-bond acceptors (Lipinski definition) is 7. The Bertz CT molecular complexity index is 537. The molecule has 18 heavy (non-hydrogen) atoms. The van der Waals surface area contributed by atoms with Crippen molar-refractivity contribution in [3.8, 4) is 6.01 Å². The van der Waals surface area contributed by atoms with Crippen molar-refractivity contribution in [2.24, 2.45) is 7.05 Å². The molecule has 2 aromatic rings. The van der Waals surface area contributed by atoms with E-state index in [1.807, 2.05) is 20.9 Å². The predicted molar refractivity (Wildman–Crippen MR) is 66.5 cm³/mol. The van der Waals surface area contributed by atoms with Gasteiger partial charge in [-0.05, 0) is 13.8 Å². The van der Waals surface area contributed by atoms with Crippen molar-refractivity contribution in [2.75, 3.05) is 11.1 Å². The van der Waals surface area contributed by atoms with E-state index in [9.17, 15) is 0 Å². The van der Waals surface area contributed by atoms with E-state index in [0.717, 1.165) is 5.69 Å². The average molecular weight is 249 g/mol. The summed E-state index contributed by atoms with van der Waals surface area (Å²) in [6.07, 6.45) is 3.42. The van der Waals surface area contributed by atoms with Gasteiger partial charge >= 0.3 is 6.01 Å². The third-order valence-corrected chi connectivity index (χ3v) is 1.93. The van der Waals surface area contributed by atoms with Crippen LogP contribution >= 0.6 is 0 Å². The Hall–Kier alpha value is -2.38. The lowest BCUT2D eigenvalue weighted by molar-refractivity contribution is 0.222. The van der Waals surface area contributed by atoms with E-state index in [-0.39, 0.29) is 18.1 Å². The number of nitrogens with two attached hydrogens (primary N) is 1. The number of nitrogens with zero attached hydrogens (tertiary/aromatic N) is 5. The highest BCUT2D eigenvalue weighted by atomic mass is 16.5. The summed E-state index contributed by atoms with van der Waals surface area (Å²) in [6, 6.07) is 0.198. The highest BCUT2D eigenvalue weighted by Crippen LogP contribution is 2.15. The minimum Gasteiger partial charge on any atom is -0.461 e. The molecule has 0 radical (unpaired) electrons. The van der Waals surface area contributed by atoms with E-state index in [2.05, 4.69) is 25.4 Å². The first kappa shape index (κ1) is 12.1. The van der Waals surface area contributed by atoms with Crippen LogP contribution in [-0.4, -0.2) is 30.8 Å². The van der Waals surface area contributed by atoms with Crippen molar-refractivity contribution < 1.29 is 4.74 Å². The number of ether oxygens (including phenoxy) is 1. The van der Waals surface area contributed by atoms with E-state index >= 15 is 0 Å². The molecule has 2 aromatic heterocycles. The van der Waals surface area contributed by atoms with Crippen LogP contribution in [0.4, 0.5) is 17.6 Å². The first-order valence-electron chi connectivity index (χ1n) is 5.47. The van der Waals surface area contributed by atoms with E-state index in [1.54, 1.807) is 17.1 Å². The fraction of sp³-hybridized carbons (Fsp3) is 0.400. The second-order valence-electron chi connectivity index (χ2n) is 3.99. The zero-order chi connectivity index (χ0) is 13.1. The molecular weight excluding hydrogens is 234 g/mol. The maximum absolute atomic E-state index is 5.59. The second-order valence-corrected chi connectivity index (χ2v) is 3.99. The molecular formula is C10H15N7O. The highest BCUT2D eigenvalue weighted by Gasteiger charge is 2.08. The summed E-state index contributed by atoms with van der Waals surface area (Å²) in [5.74, 6) is 0.429. The molecule has 0 aromatic carbocycles. The van der Waals surface area contributed by atoms with Gasteiger partial charge in [-0.15, -0.1) is 0 Å². The number of aryl methyl sites for hydroxylation is 1. The average Bonchev–Trinajstić information content (AvgIpc) is 2.61.